The van der Waals surface area contributed by atoms with Crippen LogP contribution >= 0.6 is 11.5 Å². The summed E-state index contributed by atoms with van der Waals surface area (Å²) in [5, 5.41) is 3.86. The molecule has 0 unspecified atom stereocenters. The van der Waals surface area contributed by atoms with Crippen LogP contribution in [0.2, 0.25) is 0 Å². The number of hydrogen-bond acceptors (Lipinski definition) is 6. The number of rotatable bonds is 2. The van der Waals surface area contributed by atoms with Crippen LogP contribution in [-0.2, 0) is 0 Å². The molecule has 5 nitrogen and oxygen atoms in total. The van der Waals surface area contributed by atoms with Crippen molar-refractivity contribution in [2.45, 2.75) is 6.92 Å². The fourth-order valence-corrected chi connectivity index (χ4v) is 1.59. The van der Waals surface area contributed by atoms with E-state index in [1.165, 1.54) is 0 Å². The van der Waals surface area contributed by atoms with E-state index in [-0.39, 0.29) is 10.7 Å². The highest BCUT2D eigenvalue weighted by atomic mass is 32.1. The lowest BCUT2D eigenvalue weighted by Gasteiger charge is -2.02. The topological polar surface area (TPSA) is 78.1 Å². The summed E-state index contributed by atoms with van der Waals surface area (Å²) in [6.45, 7) is 1.91. The second kappa shape index (κ2) is 4.28. The van der Waals surface area contributed by atoms with Crippen molar-refractivity contribution in [1.29, 1.82) is 0 Å². The average molecular weight is 235 g/mol. The minimum absolute atomic E-state index is 0.0616. The van der Waals surface area contributed by atoms with E-state index < -0.39 is 5.97 Å². The van der Waals surface area contributed by atoms with Gasteiger partial charge in [-0.1, -0.05) is 16.6 Å². The molecule has 1 aromatic carbocycles. The minimum atomic E-state index is -0.586. The van der Waals surface area contributed by atoms with Crippen molar-refractivity contribution in [1.82, 2.24) is 9.59 Å². The third kappa shape index (κ3) is 2.17. The first kappa shape index (κ1) is 10.6. The lowest BCUT2D eigenvalue weighted by Crippen LogP contribution is -2.11. The summed E-state index contributed by atoms with van der Waals surface area (Å²) in [4.78, 5) is 11.6. The van der Waals surface area contributed by atoms with E-state index in [1.807, 2.05) is 13.0 Å². The second-order valence-electron chi connectivity index (χ2n) is 3.19. The van der Waals surface area contributed by atoms with Crippen LogP contribution in [0, 0.1) is 6.92 Å². The monoisotopic (exact) mass is 235 g/mol. The van der Waals surface area contributed by atoms with Gasteiger partial charge < -0.3 is 10.5 Å². The Bertz CT molecular complexity index is 524. The quantitative estimate of drug-likeness (QED) is 0.632. The van der Waals surface area contributed by atoms with Crippen LogP contribution in [0.4, 0.5) is 5.00 Å². The van der Waals surface area contributed by atoms with Gasteiger partial charge in [-0.2, -0.15) is 0 Å². The highest BCUT2D eigenvalue weighted by molar-refractivity contribution is 7.10. The molecule has 0 spiro atoms. The Balaban J connectivity index is 2.17. The summed E-state index contributed by atoms with van der Waals surface area (Å²) >= 11 is 0.962. The maximum absolute atomic E-state index is 11.6. The Morgan fingerprint density at radius 2 is 2.31 bits per heavy atom. The van der Waals surface area contributed by atoms with Gasteiger partial charge >= 0.3 is 5.97 Å². The predicted molar refractivity (Wildman–Crippen MR) is 60.5 cm³/mol. The number of anilines is 1. The summed E-state index contributed by atoms with van der Waals surface area (Å²) in [6.07, 6.45) is 0. The first-order valence-electron chi connectivity index (χ1n) is 4.53. The van der Waals surface area contributed by atoms with Gasteiger partial charge in [0.15, 0.2) is 0 Å². The van der Waals surface area contributed by atoms with Crippen molar-refractivity contribution in [2.75, 3.05) is 5.73 Å². The number of aromatic nitrogens is 2. The Morgan fingerprint density at radius 3 is 2.94 bits per heavy atom. The lowest BCUT2D eigenvalue weighted by molar-refractivity contribution is 0.0729. The van der Waals surface area contributed by atoms with Gasteiger partial charge in [-0.05, 0) is 24.6 Å². The van der Waals surface area contributed by atoms with Crippen LogP contribution in [-0.4, -0.2) is 15.6 Å². The molecule has 0 bridgehead atoms. The Hall–Kier alpha value is -1.95. The number of esters is 1. The molecule has 0 fully saturated rings. The number of carbonyl (C=O) groups is 1. The van der Waals surface area contributed by atoms with Gasteiger partial charge in [-0.25, -0.2) is 4.79 Å². The zero-order valence-electron chi connectivity index (χ0n) is 8.51. The largest absolute Gasteiger partial charge is 0.422 e. The van der Waals surface area contributed by atoms with Crippen molar-refractivity contribution in [3.8, 4) is 5.75 Å². The van der Waals surface area contributed by atoms with E-state index in [0.717, 1.165) is 17.1 Å². The maximum Gasteiger partial charge on any atom is 0.367 e. The number of aryl methyl sites for hydroxylation is 1. The number of benzene rings is 1. The number of nitrogen functional groups attached to an aromatic ring is 1. The molecule has 2 aromatic rings. The van der Waals surface area contributed by atoms with Crippen LogP contribution in [0.1, 0.15) is 16.1 Å². The molecule has 1 heterocycles. The van der Waals surface area contributed by atoms with Crippen LogP contribution in [0.15, 0.2) is 24.3 Å². The first-order chi connectivity index (χ1) is 7.66. The fourth-order valence-electron chi connectivity index (χ4n) is 1.17. The zero-order valence-corrected chi connectivity index (χ0v) is 9.32. The average Bonchev–Trinajstić information content (AvgIpc) is 2.64. The van der Waals surface area contributed by atoms with Crippen molar-refractivity contribution in [3.05, 3.63) is 35.5 Å². The third-order valence-corrected chi connectivity index (χ3v) is 2.46. The van der Waals surface area contributed by atoms with Crippen LogP contribution in [0.3, 0.4) is 0 Å². The van der Waals surface area contributed by atoms with Crippen molar-refractivity contribution >= 4 is 22.5 Å². The van der Waals surface area contributed by atoms with E-state index in [1.54, 1.807) is 18.2 Å². The molecule has 6 heteroatoms. The molecule has 0 saturated heterocycles. The molecule has 0 saturated carbocycles. The summed E-state index contributed by atoms with van der Waals surface area (Å²) < 4.78 is 8.67. The van der Waals surface area contributed by atoms with E-state index >= 15 is 0 Å². The lowest BCUT2D eigenvalue weighted by atomic mass is 10.2. The highest BCUT2D eigenvalue weighted by Crippen LogP contribution is 2.17. The third-order valence-electron chi connectivity index (χ3n) is 1.91. The number of nitrogens with two attached hydrogens (primary N) is 1. The number of carbonyl (C=O) groups excluding carboxylic acids is 1. The van der Waals surface area contributed by atoms with Crippen LogP contribution < -0.4 is 10.5 Å². The summed E-state index contributed by atoms with van der Waals surface area (Å²) in [6, 6.07) is 7.17. The van der Waals surface area contributed by atoms with Gasteiger partial charge in [0.2, 0.25) is 5.69 Å². The molecule has 16 heavy (non-hydrogen) atoms. The SMILES string of the molecule is Cc1cccc(OC(=O)c2nnsc2N)c1. The molecular formula is C10H9N3O2S. The number of hydrogen-bond donors (Lipinski definition) is 1. The summed E-state index contributed by atoms with van der Waals surface area (Å²) in [7, 11) is 0. The van der Waals surface area contributed by atoms with E-state index in [4.69, 9.17) is 10.5 Å². The molecule has 82 valence electrons. The van der Waals surface area contributed by atoms with Crippen molar-refractivity contribution < 1.29 is 9.53 Å². The molecule has 2 N–H and O–H groups in total. The minimum Gasteiger partial charge on any atom is -0.422 e. The van der Waals surface area contributed by atoms with Gasteiger partial charge in [0, 0.05) is 11.5 Å². The Labute approximate surface area is 96.0 Å². The fraction of sp³-hybridized carbons (Fsp3) is 0.100. The van der Waals surface area contributed by atoms with Gasteiger partial charge in [0.25, 0.3) is 0 Å². The molecule has 2 rings (SSSR count). The van der Waals surface area contributed by atoms with Gasteiger partial charge in [-0.3, -0.25) is 0 Å². The smallest absolute Gasteiger partial charge is 0.367 e. The van der Waals surface area contributed by atoms with Crippen LogP contribution in [0.25, 0.3) is 0 Å². The van der Waals surface area contributed by atoms with Crippen molar-refractivity contribution in [3.63, 3.8) is 0 Å². The van der Waals surface area contributed by atoms with Gasteiger partial charge in [-0.15, -0.1) is 5.10 Å². The predicted octanol–water partition coefficient (Wildman–Crippen LogP) is 1.65. The maximum atomic E-state index is 11.6. The van der Waals surface area contributed by atoms with Gasteiger partial charge in [0.05, 0.1) is 0 Å². The Morgan fingerprint density at radius 1 is 1.50 bits per heavy atom. The summed E-state index contributed by atoms with van der Waals surface area (Å²) in [5.74, 6) is -0.116. The van der Waals surface area contributed by atoms with E-state index in [0.29, 0.717) is 5.75 Å². The van der Waals surface area contributed by atoms with Crippen LogP contribution in [0.5, 0.6) is 5.75 Å². The van der Waals surface area contributed by atoms with E-state index in [9.17, 15) is 4.79 Å². The molecule has 0 atom stereocenters. The Kier molecular flexibility index (Phi) is 2.82. The molecule has 1 aromatic heterocycles. The highest BCUT2D eigenvalue weighted by Gasteiger charge is 2.16. The molecule has 0 aliphatic rings. The number of nitrogens with zero attached hydrogens (tertiary/aromatic N) is 2. The standard InChI is InChI=1S/C10H9N3O2S/c1-6-3-2-4-7(5-6)15-10(14)8-9(11)16-13-12-8/h2-5H,11H2,1H3. The van der Waals surface area contributed by atoms with Gasteiger partial charge in [0.1, 0.15) is 10.8 Å². The molecule has 0 amide bonds. The molecule has 0 radical (unpaired) electrons. The van der Waals surface area contributed by atoms with Crippen molar-refractivity contribution in [2.24, 2.45) is 0 Å². The molecular weight excluding hydrogens is 226 g/mol. The number of ether oxygens (including phenoxy) is 1. The summed E-state index contributed by atoms with van der Waals surface area (Å²) in [5.41, 5.74) is 6.59. The normalized spacial score (nSPS) is 10.1. The van der Waals surface area contributed by atoms with E-state index in [2.05, 4.69) is 9.59 Å². The second-order valence-corrected chi connectivity index (χ2v) is 3.98. The molecule has 0 aliphatic heterocycles. The molecule has 0 aliphatic carbocycles. The zero-order chi connectivity index (χ0) is 11.5. The first-order valence-corrected chi connectivity index (χ1v) is 5.31.